The van der Waals surface area contributed by atoms with Crippen LogP contribution in [0.25, 0.3) is 0 Å². The number of aromatic amines is 1. The number of thiazole rings is 1. The molecule has 1 saturated heterocycles. The highest BCUT2D eigenvalue weighted by Gasteiger charge is 2.51. The number of carbonyl (C=O) groups is 3. The number of alkyl halides is 1. The highest BCUT2D eigenvalue weighted by atomic mass is 32.1. The minimum absolute atomic E-state index is 0.0860. The van der Waals surface area contributed by atoms with Crippen LogP contribution in [0.4, 0.5) is 15.5 Å². The van der Waals surface area contributed by atoms with Gasteiger partial charge in [0.1, 0.15) is 18.4 Å². The molecule has 2 aromatic rings. The van der Waals surface area contributed by atoms with Gasteiger partial charge in [-0.25, -0.2) is 9.37 Å². The van der Waals surface area contributed by atoms with Gasteiger partial charge in [-0.1, -0.05) is 10.3 Å². The normalized spacial score (nSPS) is 22.3. The van der Waals surface area contributed by atoms with Crippen LogP contribution < -0.4 is 16.0 Å². The number of anilines is 2. The number of nitrogen functional groups attached to an aromatic ring is 1. The number of halogens is 1. The molecular weight excluding hydrogens is 449 g/mol. The van der Waals surface area contributed by atoms with E-state index in [-0.39, 0.29) is 29.0 Å². The van der Waals surface area contributed by atoms with Crippen LogP contribution in [0.3, 0.4) is 0 Å². The Morgan fingerprint density at radius 3 is 2.88 bits per heavy atom. The summed E-state index contributed by atoms with van der Waals surface area (Å²) in [5.41, 5.74) is 5.44. The number of hydrogen-bond donors (Lipinski definition) is 3. The Hall–Kier alpha value is -3.69. The lowest BCUT2D eigenvalue weighted by atomic mass is 9.96. The molecule has 1 saturated carbocycles. The van der Waals surface area contributed by atoms with Gasteiger partial charge in [-0.2, -0.15) is 5.21 Å². The number of nitrogens with one attached hydrogen (secondary N) is 2. The molecule has 0 bridgehead atoms. The lowest BCUT2D eigenvalue weighted by molar-refractivity contribution is -0.218. The fraction of sp³-hybridized carbons (Fsp3) is 0.500. The number of amides is 2. The minimum atomic E-state index is -1.29. The maximum Gasteiger partial charge on any atom is 0.296 e. The second-order valence-corrected chi connectivity index (χ2v) is 7.92. The Bertz CT molecular complexity index is 1020. The number of nitrogens with zero attached hydrogens (tertiary/aromatic N) is 6. The molecule has 0 radical (unpaired) electrons. The maximum atomic E-state index is 13.6. The minimum Gasteiger partial charge on any atom is -0.423 e. The SMILES string of the molecule is Nc1nc(C(=NOC2(OC=O)CCCC2)C(=O)NC2C(=O)N(c3nn[nH]n3)C2CF)cs1. The molecule has 3 heterocycles. The summed E-state index contributed by atoms with van der Waals surface area (Å²) in [5.74, 6) is -2.88. The van der Waals surface area contributed by atoms with Crippen molar-refractivity contribution in [3.05, 3.63) is 11.1 Å². The zero-order chi connectivity index (χ0) is 22.7. The number of tetrazole rings is 1. The summed E-state index contributed by atoms with van der Waals surface area (Å²) >= 11 is 1.06. The van der Waals surface area contributed by atoms with Crippen molar-refractivity contribution >= 4 is 46.4 Å². The highest BCUT2D eigenvalue weighted by molar-refractivity contribution is 7.13. The summed E-state index contributed by atoms with van der Waals surface area (Å²) in [4.78, 5) is 46.8. The molecule has 32 heavy (non-hydrogen) atoms. The number of carbonyl (C=O) groups excluding carboxylic acids is 3. The maximum absolute atomic E-state index is 13.6. The first kappa shape index (κ1) is 21.5. The molecule has 1 aliphatic carbocycles. The Balaban J connectivity index is 1.54. The van der Waals surface area contributed by atoms with Crippen LogP contribution in [0.1, 0.15) is 31.4 Å². The first-order valence-electron chi connectivity index (χ1n) is 9.50. The Kier molecular flexibility index (Phi) is 5.93. The van der Waals surface area contributed by atoms with Crippen LogP contribution in [-0.4, -0.2) is 74.2 Å². The van der Waals surface area contributed by atoms with Gasteiger partial charge in [0.25, 0.3) is 30.0 Å². The number of nitrogens with two attached hydrogens (primary N) is 1. The molecule has 2 atom stereocenters. The summed E-state index contributed by atoms with van der Waals surface area (Å²) < 4.78 is 18.7. The van der Waals surface area contributed by atoms with Crippen LogP contribution in [-0.2, 0) is 24.0 Å². The topological polar surface area (TPSA) is 191 Å². The number of rotatable bonds is 9. The molecule has 170 valence electrons. The number of aromatic nitrogens is 5. The van der Waals surface area contributed by atoms with Crippen LogP contribution in [0.2, 0.25) is 0 Å². The third kappa shape index (κ3) is 3.95. The van der Waals surface area contributed by atoms with Crippen LogP contribution in [0.15, 0.2) is 10.5 Å². The summed E-state index contributed by atoms with van der Waals surface area (Å²) in [7, 11) is 0. The van der Waals surface area contributed by atoms with E-state index in [1.807, 2.05) is 0 Å². The summed E-state index contributed by atoms with van der Waals surface area (Å²) in [6, 6.07) is -2.23. The fourth-order valence-corrected chi connectivity index (χ4v) is 4.09. The molecule has 2 unspecified atom stereocenters. The molecular formula is C16H18FN9O5S. The second kappa shape index (κ2) is 8.81. The van der Waals surface area contributed by atoms with E-state index in [2.05, 4.69) is 36.1 Å². The van der Waals surface area contributed by atoms with E-state index in [9.17, 15) is 18.8 Å². The third-order valence-electron chi connectivity index (χ3n) is 5.13. The van der Waals surface area contributed by atoms with Crippen molar-refractivity contribution in [1.29, 1.82) is 0 Å². The number of ether oxygens (including phenoxy) is 1. The number of β-lactam (4-membered cyclic amide) rings is 1. The van der Waals surface area contributed by atoms with Crippen molar-refractivity contribution in [3.63, 3.8) is 0 Å². The highest BCUT2D eigenvalue weighted by Crippen LogP contribution is 2.34. The summed E-state index contributed by atoms with van der Waals surface area (Å²) in [6.45, 7) is -0.707. The van der Waals surface area contributed by atoms with Crippen molar-refractivity contribution < 1.29 is 28.3 Å². The standard InChI is InChI=1S/C16H18FN9O5S/c17-5-9-11(13(29)26(9)15-21-24-25-22-15)20-12(28)10(8-6-32-14(18)19-8)23-31-16(30-7-27)3-1-2-4-16/h6-7,9,11H,1-5H2,(H2,18,19)(H,20,28)(H,21,22,24,25). The molecule has 0 spiro atoms. The van der Waals surface area contributed by atoms with Crippen molar-refractivity contribution in [2.75, 3.05) is 17.3 Å². The van der Waals surface area contributed by atoms with Gasteiger partial charge in [0, 0.05) is 18.2 Å². The van der Waals surface area contributed by atoms with Crippen molar-refractivity contribution in [3.8, 4) is 0 Å². The van der Waals surface area contributed by atoms with Gasteiger partial charge in [-0.05, 0) is 18.1 Å². The predicted octanol–water partition coefficient (Wildman–Crippen LogP) is -0.728. The first-order chi connectivity index (χ1) is 15.5. The predicted molar refractivity (Wildman–Crippen MR) is 106 cm³/mol. The molecule has 1 aliphatic heterocycles. The van der Waals surface area contributed by atoms with E-state index in [0.29, 0.717) is 12.8 Å². The van der Waals surface area contributed by atoms with Gasteiger partial charge in [0.2, 0.25) is 0 Å². The third-order valence-corrected chi connectivity index (χ3v) is 5.80. The van der Waals surface area contributed by atoms with Crippen LogP contribution in [0, 0.1) is 0 Å². The van der Waals surface area contributed by atoms with Gasteiger partial charge in [-0.3, -0.25) is 19.3 Å². The Morgan fingerprint density at radius 2 is 2.28 bits per heavy atom. The van der Waals surface area contributed by atoms with Crippen molar-refractivity contribution in [2.24, 2.45) is 5.16 Å². The molecule has 16 heteroatoms. The Labute approximate surface area is 183 Å². The molecule has 0 aromatic carbocycles. The zero-order valence-electron chi connectivity index (χ0n) is 16.4. The quantitative estimate of drug-likeness (QED) is 0.139. The molecule has 2 aromatic heterocycles. The molecule has 2 fully saturated rings. The van der Waals surface area contributed by atoms with Gasteiger partial charge < -0.3 is 20.6 Å². The van der Waals surface area contributed by atoms with Crippen LogP contribution in [0.5, 0.6) is 0 Å². The number of oxime groups is 1. The van der Waals surface area contributed by atoms with Gasteiger partial charge >= 0.3 is 0 Å². The average Bonchev–Trinajstić information content (AvgIpc) is 3.54. The molecule has 14 nitrogen and oxygen atoms in total. The molecule has 4 rings (SSSR count). The zero-order valence-corrected chi connectivity index (χ0v) is 17.2. The number of H-pyrrole nitrogens is 1. The fourth-order valence-electron chi connectivity index (χ4n) is 3.54. The molecule has 4 N–H and O–H groups in total. The second-order valence-electron chi connectivity index (χ2n) is 7.03. The summed E-state index contributed by atoms with van der Waals surface area (Å²) in [5, 5.41) is 20.8. The van der Waals surface area contributed by atoms with Crippen LogP contribution >= 0.6 is 11.3 Å². The molecule has 2 amide bonds. The van der Waals surface area contributed by atoms with Gasteiger partial charge in [-0.15, -0.1) is 16.4 Å². The van der Waals surface area contributed by atoms with Crippen molar-refractivity contribution in [1.82, 2.24) is 30.9 Å². The van der Waals surface area contributed by atoms with Gasteiger partial charge in [0.15, 0.2) is 10.8 Å². The lowest BCUT2D eigenvalue weighted by Crippen LogP contribution is -2.72. The smallest absolute Gasteiger partial charge is 0.296 e. The Morgan fingerprint density at radius 1 is 1.50 bits per heavy atom. The van der Waals surface area contributed by atoms with E-state index >= 15 is 0 Å². The van der Waals surface area contributed by atoms with Gasteiger partial charge in [0.05, 0.1) is 6.04 Å². The first-order valence-corrected chi connectivity index (χ1v) is 10.4. The van der Waals surface area contributed by atoms with Crippen molar-refractivity contribution in [2.45, 2.75) is 43.6 Å². The monoisotopic (exact) mass is 467 g/mol. The van der Waals surface area contributed by atoms with E-state index < -0.39 is 36.4 Å². The van der Waals surface area contributed by atoms with E-state index in [1.165, 1.54) is 5.38 Å². The van der Waals surface area contributed by atoms with E-state index in [1.54, 1.807) is 0 Å². The summed E-state index contributed by atoms with van der Waals surface area (Å²) in [6.07, 6.45) is 2.28. The van der Waals surface area contributed by atoms with E-state index in [4.69, 9.17) is 15.3 Å². The largest absolute Gasteiger partial charge is 0.423 e. The molecule has 2 aliphatic rings. The van der Waals surface area contributed by atoms with E-state index in [0.717, 1.165) is 29.1 Å². The lowest BCUT2D eigenvalue weighted by Gasteiger charge is -2.43. The average molecular weight is 467 g/mol. The number of hydrogen-bond acceptors (Lipinski definition) is 12.